The van der Waals surface area contributed by atoms with Crippen molar-refractivity contribution in [2.24, 2.45) is 0 Å². The molecule has 6 nitrogen and oxygen atoms in total. The summed E-state index contributed by atoms with van der Waals surface area (Å²) in [5.74, 6) is -1.08. The highest BCUT2D eigenvalue weighted by atomic mass is 16.5. The molecule has 0 saturated heterocycles. The van der Waals surface area contributed by atoms with Crippen LogP contribution in [0.2, 0.25) is 0 Å². The fourth-order valence-corrected chi connectivity index (χ4v) is 2.95. The highest BCUT2D eigenvalue weighted by Gasteiger charge is 2.28. The van der Waals surface area contributed by atoms with Crippen molar-refractivity contribution >= 4 is 17.2 Å². The average Bonchev–Trinajstić information content (AvgIpc) is 2.99. The minimum absolute atomic E-state index is 0.470. The molecule has 3 rings (SSSR count). The van der Waals surface area contributed by atoms with Crippen molar-refractivity contribution in [3.63, 3.8) is 0 Å². The Morgan fingerprint density at radius 1 is 1.32 bits per heavy atom. The SMILES string of the molecule is C=C(C)c1c(C(OC)C(=O)O)c(C)nc2cc(-c3ccccc3)nn12. The van der Waals surface area contributed by atoms with E-state index in [2.05, 4.69) is 16.7 Å². The molecule has 1 atom stereocenters. The molecule has 6 heteroatoms. The first-order valence-electron chi connectivity index (χ1n) is 7.81. The summed E-state index contributed by atoms with van der Waals surface area (Å²) in [6.45, 7) is 7.58. The predicted molar refractivity (Wildman–Crippen MR) is 95.3 cm³/mol. The number of methoxy groups -OCH3 is 1. The zero-order valence-corrected chi connectivity index (χ0v) is 14.4. The van der Waals surface area contributed by atoms with Crippen molar-refractivity contribution < 1.29 is 14.6 Å². The van der Waals surface area contributed by atoms with Gasteiger partial charge in [-0.15, -0.1) is 0 Å². The Morgan fingerprint density at radius 3 is 2.56 bits per heavy atom. The van der Waals surface area contributed by atoms with Crippen molar-refractivity contribution in [1.82, 2.24) is 14.6 Å². The second-order valence-corrected chi connectivity index (χ2v) is 5.86. The summed E-state index contributed by atoms with van der Waals surface area (Å²) in [5.41, 5.74) is 4.71. The van der Waals surface area contributed by atoms with Crippen LogP contribution in [0.15, 0.2) is 43.0 Å². The first-order valence-corrected chi connectivity index (χ1v) is 7.81. The van der Waals surface area contributed by atoms with Crippen molar-refractivity contribution in [2.45, 2.75) is 20.0 Å². The number of nitrogens with zero attached hydrogens (tertiary/aromatic N) is 3. The third-order valence-electron chi connectivity index (χ3n) is 4.03. The molecule has 0 radical (unpaired) electrons. The first-order chi connectivity index (χ1) is 11.9. The van der Waals surface area contributed by atoms with Crippen LogP contribution in [0.3, 0.4) is 0 Å². The normalized spacial score (nSPS) is 12.3. The molecule has 0 aliphatic carbocycles. The van der Waals surface area contributed by atoms with Gasteiger partial charge in [-0.2, -0.15) is 5.10 Å². The molecule has 0 aliphatic rings. The van der Waals surface area contributed by atoms with Gasteiger partial charge >= 0.3 is 5.97 Å². The smallest absolute Gasteiger partial charge is 0.337 e. The molecule has 3 aromatic rings. The molecule has 1 N–H and O–H groups in total. The molecule has 0 bridgehead atoms. The molecule has 2 aromatic heterocycles. The number of fused-ring (bicyclic) bond motifs is 1. The number of ether oxygens (including phenoxy) is 1. The zero-order chi connectivity index (χ0) is 18.1. The number of carboxylic acids is 1. The van der Waals surface area contributed by atoms with Gasteiger partial charge in [-0.05, 0) is 19.4 Å². The number of benzene rings is 1. The Balaban J connectivity index is 2.32. The lowest BCUT2D eigenvalue weighted by atomic mass is 10.0. The number of hydrogen-bond acceptors (Lipinski definition) is 4. The minimum atomic E-state index is -1.13. The number of carbonyl (C=O) groups is 1. The summed E-state index contributed by atoms with van der Waals surface area (Å²) >= 11 is 0. The molecule has 1 aromatic carbocycles. The Labute approximate surface area is 145 Å². The fraction of sp³-hybridized carbons (Fsp3) is 0.211. The summed E-state index contributed by atoms with van der Waals surface area (Å²) < 4.78 is 6.83. The molecule has 0 saturated carbocycles. The Hall–Kier alpha value is -2.99. The monoisotopic (exact) mass is 337 g/mol. The Morgan fingerprint density at radius 2 is 2.00 bits per heavy atom. The quantitative estimate of drug-likeness (QED) is 0.771. The maximum absolute atomic E-state index is 11.6. The van der Waals surface area contributed by atoms with E-state index in [1.807, 2.05) is 43.3 Å². The van der Waals surface area contributed by atoms with Gasteiger partial charge in [-0.1, -0.05) is 36.9 Å². The molecule has 2 heterocycles. The molecule has 1 unspecified atom stereocenters. The van der Waals surface area contributed by atoms with Crippen molar-refractivity contribution in [2.75, 3.05) is 7.11 Å². The molecule has 0 spiro atoms. The van der Waals surface area contributed by atoms with Crippen molar-refractivity contribution in [3.05, 3.63) is 59.9 Å². The highest BCUT2D eigenvalue weighted by Crippen LogP contribution is 2.30. The van der Waals surface area contributed by atoms with Crippen LogP contribution in [-0.2, 0) is 9.53 Å². The number of aliphatic carboxylic acids is 1. The van der Waals surface area contributed by atoms with Gasteiger partial charge in [-0.3, -0.25) is 0 Å². The van der Waals surface area contributed by atoms with E-state index in [-0.39, 0.29) is 0 Å². The van der Waals surface area contributed by atoms with Crippen LogP contribution in [0, 0.1) is 6.92 Å². The van der Waals surface area contributed by atoms with Crippen LogP contribution in [-0.4, -0.2) is 32.8 Å². The summed E-state index contributed by atoms with van der Waals surface area (Å²) in [4.78, 5) is 16.1. The predicted octanol–water partition coefficient (Wildman–Crippen LogP) is 3.51. The van der Waals surface area contributed by atoms with Crippen LogP contribution in [0.25, 0.3) is 22.5 Å². The maximum atomic E-state index is 11.6. The van der Waals surface area contributed by atoms with Gasteiger partial charge in [0.1, 0.15) is 0 Å². The molecule has 0 aliphatic heterocycles. The van der Waals surface area contributed by atoms with E-state index in [9.17, 15) is 9.90 Å². The second-order valence-electron chi connectivity index (χ2n) is 5.86. The summed E-state index contributed by atoms with van der Waals surface area (Å²) in [7, 11) is 1.36. The maximum Gasteiger partial charge on any atom is 0.337 e. The third-order valence-corrected chi connectivity index (χ3v) is 4.03. The van der Waals surface area contributed by atoms with Gasteiger partial charge in [0.25, 0.3) is 0 Å². The minimum Gasteiger partial charge on any atom is -0.479 e. The van der Waals surface area contributed by atoms with Crippen LogP contribution >= 0.6 is 0 Å². The lowest BCUT2D eigenvalue weighted by Crippen LogP contribution is -2.19. The Kier molecular flexibility index (Phi) is 4.37. The number of rotatable bonds is 5. The second kappa shape index (κ2) is 6.49. The Bertz CT molecular complexity index is 961. The van der Waals surface area contributed by atoms with Gasteiger partial charge in [0.15, 0.2) is 11.8 Å². The van der Waals surface area contributed by atoms with Gasteiger partial charge in [0.2, 0.25) is 0 Å². The number of aryl methyl sites for hydroxylation is 1. The van der Waals surface area contributed by atoms with Crippen molar-refractivity contribution in [3.8, 4) is 11.3 Å². The van der Waals surface area contributed by atoms with E-state index < -0.39 is 12.1 Å². The van der Waals surface area contributed by atoms with Crippen LogP contribution < -0.4 is 0 Å². The number of aromatic nitrogens is 3. The van der Waals surface area contributed by atoms with E-state index in [4.69, 9.17) is 4.74 Å². The van der Waals surface area contributed by atoms with Gasteiger partial charge in [0.05, 0.1) is 11.4 Å². The van der Waals surface area contributed by atoms with E-state index >= 15 is 0 Å². The van der Waals surface area contributed by atoms with Gasteiger partial charge < -0.3 is 9.84 Å². The largest absolute Gasteiger partial charge is 0.479 e. The summed E-state index contributed by atoms with van der Waals surface area (Å²) in [5, 5.41) is 14.1. The lowest BCUT2D eigenvalue weighted by molar-refractivity contribution is -0.149. The first kappa shape index (κ1) is 16.9. The van der Waals surface area contributed by atoms with Crippen LogP contribution in [0.5, 0.6) is 0 Å². The molecular weight excluding hydrogens is 318 g/mol. The summed E-state index contributed by atoms with van der Waals surface area (Å²) in [6, 6.07) is 11.6. The van der Waals surface area contributed by atoms with Crippen LogP contribution in [0.1, 0.15) is 30.0 Å². The third kappa shape index (κ3) is 2.92. The van der Waals surface area contributed by atoms with E-state index in [1.54, 1.807) is 11.4 Å². The van der Waals surface area contributed by atoms with Gasteiger partial charge in [0, 0.05) is 30.0 Å². The van der Waals surface area contributed by atoms with E-state index in [0.717, 1.165) is 11.3 Å². The highest BCUT2D eigenvalue weighted by molar-refractivity contribution is 5.79. The molecule has 0 fully saturated rings. The number of allylic oxidation sites excluding steroid dienone is 1. The fourth-order valence-electron chi connectivity index (χ4n) is 2.95. The standard InChI is InChI=1S/C19H19N3O3/c1-11(2)17-16(18(25-4)19(23)24)12(3)20-15-10-14(21-22(15)17)13-8-6-5-7-9-13/h5-10,18H,1H2,2-4H3,(H,23,24). The van der Waals surface area contributed by atoms with Crippen LogP contribution in [0.4, 0.5) is 0 Å². The van der Waals surface area contributed by atoms with Gasteiger partial charge in [-0.25, -0.2) is 14.3 Å². The van der Waals surface area contributed by atoms with Crippen molar-refractivity contribution in [1.29, 1.82) is 0 Å². The topological polar surface area (TPSA) is 76.7 Å². The van der Waals surface area contributed by atoms with E-state index in [1.165, 1.54) is 7.11 Å². The summed E-state index contributed by atoms with van der Waals surface area (Å²) in [6.07, 6.45) is -1.13. The molecule has 25 heavy (non-hydrogen) atoms. The molecular formula is C19H19N3O3. The van der Waals surface area contributed by atoms with E-state index in [0.29, 0.717) is 28.2 Å². The number of hydrogen-bond donors (Lipinski definition) is 1. The average molecular weight is 337 g/mol. The molecule has 128 valence electrons. The lowest BCUT2D eigenvalue weighted by Gasteiger charge is -2.18. The molecule has 0 amide bonds. The zero-order valence-electron chi connectivity index (χ0n) is 14.4. The number of carboxylic acid groups (broad SMARTS) is 1.